The van der Waals surface area contributed by atoms with Crippen LogP contribution in [0.3, 0.4) is 0 Å². The SMILES string of the molecule is CC(F)(C1CCCCN1C(=O)Nc1ccnnc1)S(=O)(=O)c1cccc(F)c1.O=C(O)C(F)(F)F. The molecule has 0 saturated carbocycles. The summed E-state index contributed by atoms with van der Waals surface area (Å²) in [5.41, 5.74) is 0.359. The van der Waals surface area contributed by atoms with Gasteiger partial charge in [0.25, 0.3) is 0 Å². The number of nitrogens with one attached hydrogen (secondary N) is 1. The van der Waals surface area contributed by atoms with E-state index in [0.717, 1.165) is 25.1 Å². The fourth-order valence-corrected chi connectivity index (χ4v) is 4.90. The van der Waals surface area contributed by atoms with Gasteiger partial charge in [0.15, 0.2) is 0 Å². The number of aromatic nitrogens is 2. The van der Waals surface area contributed by atoms with Gasteiger partial charge in [-0.2, -0.15) is 23.4 Å². The van der Waals surface area contributed by atoms with Crippen LogP contribution in [0.25, 0.3) is 0 Å². The summed E-state index contributed by atoms with van der Waals surface area (Å²) in [6.07, 6.45) is -1.01. The summed E-state index contributed by atoms with van der Waals surface area (Å²) in [6.45, 7) is 1.13. The predicted octanol–water partition coefficient (Wildman–Crippen LogP) is 3.80. The maximum Gasteiger partial charge on any atom is 0.490 e. The smallest absolute Gasteiger partial charge is 0.475 e. The Morgan fingerprint density at radius 3 is 2.34 bits per heavy atom. The number of likely N-dealkylation sites (tertiary alicyclic amines) is 1. The van der Waals surface area contributed by atoms with Crippen LogP contribution in [0.1, 0.15) is 26.2 Å². The Labute approximate surface area is 196 Å². The number of anilines is 1. The van der Waals surface area contributed by atoms with E-state index >= 15 is 4.39 Å². The summed E-state index contributed by atoms with van der Waals surface area (Å²) in [7, 11) is -4.55. The van der Waals surface area contributed by atoms with Gasteiger partial charge in [-0.05, 0) is 50.5 Å². The molecular weight excluding hydrogens is 503 g/mol. The fourth-order valence-electron chi connectivity index (χ4n) is 3.31. The maximum atomic E-state index is 15.8. The number of urea groups is 1. The van der Waals surface area contributed by atoms with Crippen molar-refractivity contribution >= 4 is 27.5 Å². The number of piperidine rings is 1. The van der Waals surface area contributed by atoms with E-state index in [4.69, 9.17) is 9.90 Å². The van der Waals surface area contributed by atoms with Crippen molar-refractivity contribution in [1.82, 2.24) is 15.1 Å². The summed E-state index contributed by atoms with van der Waals surface area (Å²) < 4.78 is 86.8. The molecule has 15 heteroatoms. The van der Waals surface area contributed by atoms with Crippen molar-refractivity contribution in [3.05, 3.63) is 48.5 Å². The Morgan fingerprint density at radius 1 is 1.14 bits per heavy atom. The minimum atomic E-state index is -5.08. The van der Waals surface area contributed by atoms with Gasteiger partial charge in [0.2, 0.25) is 14.8 Å². The highest BCUT2D eigenvalue weighted by Crippen LogP contribution is 2.37. The molecule has 0 bridgehead atoms. The summed E-state index contributed by atoms with van der Waals surface area (Å²) >= 11 is 0. The van der Waals surface area contributed by atoms with E-state index in [9.17, 15) is 30.8 Å². The lowest BCUT2D eigenvalue weighted by molar-refractivity contribution is -0.192. The Balaban J connectivity index is 0.000000540. The molecule has 2 N–H and O–H groups in total. The van der Waals surface area contributed by atoms with Crippen molar-refractivity contribution in [2.75, 3.05) is 11.9 Å². The molecular formula is C20H21F5N4O5S. The zero-order valence-corrected chi connectivity index (χ0v) is 19.0. The maximum absolute atomic E-state index is 15.8. The number of sulfone groups is 1. The molecule has 192 valence electrons. The molecule has 2 atom stereocenters. The third kappa shape index (κ3) is 6.83. The second-order valence-electron chi connectivity index (χ2n) is 7.52. The molecule has 2 unspecified atom stereocenters. The van der Waals surface area contributed by atoms with Gasteiger partial charge in [0.05, 0.1) is 29.0 Å². The van der Waals surface area contributed by atoms with Gasteiger partial charge in [0, 0.05) is 6.54 Å². The highest BCUT2D eigenvalue weighted by Gasteiger charge is 2.52. The molecule has 0 spiro atoms. The number of amides is 2. The van der Waals surface area contributed by atoms with Crippen LogP contribution in [0.4, 0.5) is 32.4 Å². The molecule has 0 radical (unpaired) electrons. The van der Waals surface area contributed by atoms with Gasteiger partial charge in [-0.25, -0.2) is 26.8 Å². The van der Waals surface area contributed by atoms with Crippen molar-refractivity contribution in [1.29, 1.82) is 0 Å². The number of alkyl halides is 4. The van der Waals surface area contributed by atoms with Gasteiger partial charge in [-0.1, -0.05) is 6.07 Å². The van der Waals surface area contributed by atoms with Crippen molar-refractivity contribution in [2.45, 2.75) is 48.3 Å². The monoisotopic (exact) mass is 524 g/mol. The molecule has 0 aliphatic carbocycles. The lowest BCUT2D eigenvalue weighted by Gasteiger charge is -2.41. The van der Waals surface area contributed by atoms with Crippen molar-refractivity contribution < 1.29 is 45.1 Å². The quantitative estimate of drug-likeness (QED) is 0.582. The third-order valence-corrected chi connectivity index (χ3v) is 7.27. The first kappa shape index (κ1) is 27.9. The Morgan fingerprint density at radius 2 is 1.80 bits per heavy atom. The van der Waals surface area contributed by atoms with Gasteiger partial charge in [0.1, 0.15) is 5.82 Å². The van der Waals surface area contributed by atoms with E-state index in [1.807, 2.05) is 0 Å². The number of benzene rings is 1. The van der Waals surface area contributed by atoms with Crippen LogP contribution in [-0.4, -0.2) is 64.4 Å². The minimum Gasteiger partial charge on any atom is -0.475 e. The molecule has 1 aliphatic rings. The zero-order valence-electron chi connectivity index (χ0n) is 18.2. The number of halogens is 5. The standard InChI is InChI=1S/C18H20F2N4O3S.C2HF3O2/c1-18(20,28(26,27)15-6-4-5-13(19)11-15)16-7-2-3-10-24(16)17(25)23-14-8-9-21-22-12-14;3-2(4,5)1(6)7/h4-6,8-9,11-12,16H,2-3,7,10H2,1H3,(H,21,23,25);(H,6,7). The lowest BCUT2D eigenvalue weighted by Crippen LogP contribution is -2.57. The first-order chi connectivity index (χ1) is 16.2. The molecule has 2 amide bonds. The van der Waals surface area contributed by atoms with Gasteiger partial charge in [-0.15, -0.1) is 0 Å². The fraction of sp³-hybridized carbons (Fsp3) is 0.400. The molecule has 9 nitrogen and oxygen atoms in total. The van der Waals surface area contributed by atoms with Crippen LogP contribution in [0.5, 0.6) is 0 Å². The molecule has 1 saturated heterocycles. The number of nitrogens with zero attached hydrogens (tertiary/aromatic N) is 3. The Bertz CT molecular complexity index is 1150. The van der Waals surface area contributed by atoms with Crippen molar-refractivity contribution in [3.8, 4) is 0 Å². The Kier molecular flexibility index (Phi) is 8.70. The van der Waals surface area contributed by atoms with E-state index in [-0.39, 0.29) is 13.0 Å². The summed E-state index contributed by atoms with van der Waals surface area (Å²) in [5.74, 6) is -3.53. The van der Waals surface area contributed by atoms with Crippen molar-refractivity contribution in [3.63, 3.8) is 0 Å². The number of carbonyl (C=O) groups excluding carboxylic acids is 1. The molecule has 3 rings (SSSR count). The van der Waals surface area contributed by atoms with E-state index in [1.54, 1.807) is 0 Å². The molecule has 35 heavy (non-hydrogen) atoms. The molecule has 2 heterocycles. The van der Waals surface area contributed by atoms with Crippen LogP contribution in [0.2, 0.25) is 0 Å². The van der Waals surface area contributed by atoms with Crippen LogP contribution in [0.15, 0.2) is 47.6 Å². The number of hydrogen-bond acceptors (Lipinski definition) is 6. The molecule has 2 aromatic rings. The number of aliphatic carboxylic acids is 1. The first-order valence-corrected chi connectivity index (χ1v) is 11.5. The minimum absolute atomic E-state index is 0.170. The van der Waals surface area contributed by atoms with Crippen LogP contribution >= 0.6 is 0 Å². The van der Waals surface area contributed by atoms with Gasteiger partial charge >= 0.3 is 18.2 Å². The van der Waals surface area contributed by atoms with E-state index in [2.05, 4.69) is 15.5 Å². The number of hydrogen-bond donors (Lipinski definition) is 2. The average Bonchev–Trinajstić information content (AvgIpc) is 2.79. The first-order valence-electron chi connectivity index (χ1n) is 10.0. The van der Waals surface area contributed by atoms with E-state index in [0.29, 0.717) is 18.5 Å². The van der Waals surface area contributed by atoms with Crippen LogP contribution in [-0.2, 0) is 14.6 Å². The van der Waals surface area contributed by atoms with Crippen LogP contribution < -0.4 is 5.32 Å². The molecule has 1 aromatic carbocycles. The third-order valence-electron chi connectivity index (χ3n) is 5.07. The lowest BCUT2D eigenvalue weighted by atomic mass is 9.99. The second kappa shape index (κ2) is 10.9. The molecule has 1 aliphatic heterocycles. The van der Waals surface area contributed by atoms with Crippen LogP contribution in [0, 0.1) is 5.82 Å². The number of carboxylic acids is 1. The second-order valence-corrected chi connectivity index (χ2v) is 9.79. The predicted molar refractivity (Wildman–Crippen MR) is 112 cm³/mol. The molecule has 1 aromatic heterocycles. The highest BCUT2D eigenvalue weighted by molar-refractivity contribution is 7.92. The molecule has 1 fully saturated rings. The normalized spacial score (nSPS) is 18.0. The van der Waals surface area contributed by atoms with Crippen molar-refractivity contribution in [2.24, 2.45) is 0 Å². The summed E-state index contributed by atoms with van der Waals surface area (Å²) in [4.78, 5) is 22.3. The van der Waals surface area contributed by atoms with Gasteiger partial charge in [-0.3, -0.25) is 0 Å². The highest BCUT2D eigenvalue weighted by atomic mass is 32.2. The van der Waals surface area contributed by atoms with E-state index < -0.39 is 49.8 Å². The van der Waals surface area contributed by atoms with E-state index in [1.165, 1.54) is 29.4 Å². The number of carbonyl (C=O) groups is 2. The van der Waals surface area contributed by atoms with Gasteiger partial charge < -0.3 is 15.3 Å². The Hall–Kier alpha value is -3.36. The number of carboxylic acid groups (broad SMARTS) is 1. The summed E-state index contributed by atoms with van der Waals surface area (Å²) in [5, 5.41) is 14.2. The summed E-state index contributed by atoms with van der Waals surface area (Å²) in [6, 6.07) is 3.88. The average molecular weight is 524 g/mol. The number of rotatable bonds is 4. The zero-order chi connectivity index (χ0) is 26.4. The largest absolute Gasteiger partial charge is 0.490 e. The topological polar surface area (TPSA) is 130 Å².